The average molecular weight is 213 g/mol. The normalized spacial score (nSPS) is 28.8. The number of hydrogen-bond acceptors (Lipinski definition) is 2. The Bertz CT molecular complexity index is 179. The SMILES string of the molecule is CCCCCCCNC1CC(O)C1(C)C. The van der Waals surface area contributed by atoms with E-state index >= 15 is 0 Å². The van der Waals surface area contributed by atoms with Crippen LogP contribution in [0.5, 0.6) is 0 Å². The van der Waals surface area contributed by atoms with Gasteiger partial charge in [-0.15, -0.1) is 0 Å². The lowest BCUT2D eigenvalue weighted by Crippen LogP contribution is -2.60. The fourth-order valence-electron chi connectivity index (χ4n) is 2.25. The summed E-state index contributed by atoms with van der Waals surface area (Å²) in [6, 6.07) is 0.527. The molecule has 1 aliphatic carbocycles. The lowest BCUT2D eigenvalue weighted by atomic mass is 9.64. The molecule has 2 N–H and O–H groups in total. The summed E-state index contributed by atoms with van der Waals surface area (Å²) < 4.78 is 0. The fraction of sp³-hybridized carbons (Fsp3) is 1.00. The molecular weight excluding hydrogens is 186 g/mol. The van der Waals surface area contributed by atoms with Crippen LogP contribution in [0, 0.1) is 5.41 Å². The van der Waals surface area contributed by atoms with Crippen LogP contribution < -0.4 is 5.32 Å². The smallest absolute Gasteiger partial charge is 0.0621 e. The third kappa shape index (κ3) is 3.46. The minimum absolute atomic E-state index is 0.0867. The van der Waals surface area contributed by atoms with Crippen molar-refractivity contribution in [2.75, 3.05) is 6.54 Å². The van der Waals surface area contributed by atoms with Gasteiger partial charge >= 0.3 is 0 Å². The van der Waals surface area contributed by atoms with Crippen molar-refractivity contribution in [1.82, 2.24) is 5.32 Å². The molecule has 2 unspecified atom stereocenters. The number of aliphatic hydroxyl groups is 1. The van der Waals surface area contributed by atoms with E-state index in [1.165, 1.54) is 32.1 Å². The minimum atomic E-state index is -0.102. The molecule has 2 heteroatoms. The zero-order chi connectivity index (χ0) is 11.3. The summed E-state index contributed by atoms with van der Waals surface area (Å²) in [6.45, 7) is 7.66. The van der Waals surface area contributed by atoms with E-state index in [0.717, 1.165) is 13.0 Å². The van der Waals surface area contributed by atoms with Crippen molar-refractivity contribution in [3.05, 3.63) is 0 Å². The van der Waals surface area contributed by atoms with Crippen LogP contribution in [0.15, 0.2) is 0 Å². The number of aliphatic hydroxyl groups excluding tert-OH is 1. The molecule has 0 bridgehead atoms. The van der Waals surface area contributed by atoms with E-state index in [1.807, 2.05) is 0 Å². The minimum Gasteiger partial charge on any atom is -0.392 e. The highest BCUT2D eigenvalue weighted by Crippen LogP contribution is 2.40. The van der Waals surface area contributed by atoms with Gasteiger partial charge in [0.1, 0.15) is 0 Å². The van der Waals surface area contributed by atoms with Crippen molar-refractivity contribution in [3.63, 3.8) is 0 Å². The van der Waals surface area contributed by atoms with Crippen molar-refractivity contribution in [2.24, 2.45) is 5.41 Å². The molecule has 2 atom stereocenters. The molecule has 1 fully saturated rings. The molecule has 0 spiro atoms. The standard InChI is InChI=1S/C13H27NO/c1-4-5-6-7-8-9-14-11-10-12(15)13(11,2)3/h11-12,14-15H,4-10H2,1-3H3. The molecule has 0 aromatic heterocycles. The lowest BCUT2D eigenvalue weighted by Gasteiger charge is -2.49. The molecule has 0 aromatic carbocycles. The van der Waals surface area contributed by atoms with E-state index in [9.17, 15) is 5.11 Å². The van der Waals surface area contributed by atoms with Gasteiger partial charge in [-0.25, -0.2) is 0 Å². The van der Waals surface area contributed by atoms with Crippen molar-refractivity contribution in [1.29, 1.82) is 0 Å². The Hall–Kier alpha value is -0.0800. The molecule has 0 saturated heterocycles. The maximum atomic E-state index is 9.58. The fourth-order valence-corrected chi connectivity index (χ4v) is 2.25. The summed E-state index contributed by atoms with van der Waals surface area (Å²) >= 11 is 0. The van der Waals surface area contributed by atoms with E-state index in [1.54, 1.807) is 0 Å². The molecule has 15 heavy (non-hydrogen) atoms. The van der Waals surface area contributed by atoms with Crippen molar-refractivity contribution in [3.8, 4) is 0 Å². The summed E-state index contributed by atoms with van der Waals surface area (Å²) in [5.74, 6) is 0. The van der Waals surface area contributed by atoms with Gasteiger partial charge in [0, 0.05) is 11.5 Å². The maximum absolute atomic E-state index is 9.58. The summed E-state index contributed by atoms with van der Waals surface area (Å²) in [5.41, 5.74) is 0.0867. The molecule has 0 aromatic rings. The van der Waals surface area contributed by atoms with Gasteiger partial charge in [0.2, 0.25) is 0 Å². The summed E-state index contributed by atoms with van der Waals surface area (Å²) in [5, 5.41) is 13.1. The van der Waals surface area contributed by atoms with Gasteiger partial charge in [-0.05, 0) is 19.4 Å². The largest absolute Gasteiger partial charge is 0.392 e. The summed E-state index contributed by atoms with van der Waals surface area (Å²) in [6.07, 6.45) is 7.51. The predicted octanol–water partition coefficient (Wildman–Crippen LogP) is 2.71. The number of hydrogen-bond donors (Lipinski definition) is 2. The third-order valence-electron chi connectivity index (χ3n) is 3.89. The Morgan fingerprint density at radius 1 is 1.20 bits per heavy atom. The van der Waals surface area contributed by atoms with Gasteiger partial charge in [-0.2, -0.15) is 0 Å². The Kier molecular flexibility index (Phi) is 5.07. The quantitative estimate of drug-likeness (QED) is 0.637. The molecule has 90 valence electrons. The summed E-state index contributed by atoms with van der Waals surface area (Å²) in [7, 11) is 0. The third-order valence-corrected chi connectivity index (χ3v) is 3.89. The van der Waals surface area contributed by atoms with Crippen LogP contribution in [0.4, 0.5) is 0 Å². The molecule has 0 amide bonds. The second-order valence-electron chi connectivity index (χ2n) is 5.49. The number of rotatable bonds is 7. The molecule has 0 radical (unpaired) electrons. The van der Waals surface area contributed by atoms with Gasteiger partial charge in [0.25, 0.3) is 0 Å². The van der Waals surface area contributed by atoms with E-state index in [0.29, 0.717) is 6.04 Å². The Morgan fingerprint density at radius 3 is 2.40 bits per heavy atom. The Labute approximate surface area is 94.5 Å². The van der Waals surface area contributed by atoms with Crippen LogP contribution in [-0.2, 0) is 0 Å². The molecule has 1 rings (SSSR count). The van der Waals surface area contributed by atoms with Gasteiger partial charge < -0.3 is 10.4 Å². The Morgan fingerprint density at radius 2 is 1.87 bits per heavy atom. The zero-order valence-electron chi connectivity index (χ0n) is 10.6. The molecule has 1 saturated carbocycles. The maximum Gasteiger partial charge on any atom is 0.0621 e. The first-order valence-electron chi connectivity index (χ1n) is 6.50. The van der Waals surface area contributed by atoms with Crippen LogP contribution in [0.3, 0.4) is 0 Å². The van der Waals surface area contributed by atoms with Crippen LogP contribution in [0.2, 0.25) is 0 Å². The molecule has 1 aliphatic rings. The number of unbranched alkanes of at least 4 members (excludes halogenated alkanes) is 4. The zero-order valence-corrected chi connectivity index (χ0v) is 10.6. The van der Waals surface area contributed by atoms with E-state index in [2.05, 4.69) is 26.1 Å². The molecule has 0 aliphatic heterocycles. The monoisotopic (exact) mass is 213 g/mol. The molecule has 2 nitrogen and oxygen atoms in total. The van der Waals surface area contributed by atoms with Gasteiger partial charge in [-0.3, -0.25) is 0 Å². The predicted molar refractivity (Wildman–Crippen MR) is 65.0 cm³/mol. The van der Waals surface area contributed by atoms with Crippen LogP contribution in [0.1, 0.15) is 59.3 Å². The van der Waals surface area contributed by atoms with Gasteiger partial charge in [-0.1, -0.05) is 46.5 Å². The average Bonchev–Trinajstić information content (AvgIpc) is 2.21. The van der Waals surface area contributed by atoms with Crippen LogP contribution in [0.25, 0.3) is 0 Å². The van der Waals surface area contributed by atoms with Crippen molar-refractivity contribution >= 4 is 0 Å². The first-order chi connectivity index (χ1) is 7.09. The van der Waals surface area contributed by atoms with E-state index in [-0.39, 0.29) is 11.5 Å². The molecule has 0 heterocycles. The van der Waals surface area contributed by atoms with Crippen molar-refractivity contribution < 1.29 is 5.11 Å². The topological polar surface area (TPSA) is 32.3 Å². The first-order valence-corrected chi connectivity index (χ1v) is 6.50. The van der Waals surface area contributed by atoms with E-state index in [4.69, 9.17) is 0 Å². The number of nitrogens with one attached hydrogen (secondary N) is 1. The van der Waals surface area contributed by atoms with Crippen LogP contribution >= 0.6 is 0 Å². The highest BCUT2D eigenvalue weighted by Gasteiger charge is 2.46. The summed E-state index contributed by atoms with van der Waals surface area (Å²) in [4.78, 5) is 0. The lowest BCUT2D eigenvalue weighted by molar-refractivity contribution is -0.0722. The van der Waals surface area contributed by atoms with Gasteiger partial charge in [0.15, 0.2) is 0 Å². The van der Waals surface area contributed by atoms with Crippen molar-refractivity contribution in [2.45, 2.75) is 71.4 Å². The molecular formula is C13H27NO. The second kappa shape index (κ2) is 5.86. The highest BCUT2D eigenvalue weighted by molar-refractivity contribution is 5.01. The first kappa shape index (κ1) is 13.0. The van der Waals surface area contributed by atoms with E-state index < -0.39 is 0 Å². The Balaban J connectivity index is 1.97. The van der Waals surface area contributed by atoms with Crippen LogP contribution in [-0.4, -0.2) is 23.8 Å². The van der Waals surface area contributed by atoms with Gasteiger partial charge in [0.05, 0.1) is 6.10 Å². The highest BCUT2D eigenvalue weighted by atomic mass is 16.3. The second-order valence-corrected chi connectivity index (χ2v) is 5.49.